The van der Waals surface area contributed by atoms with Gasteiger partial charge < -0.3 is 52.5 Å². The lowest BCUT2D eigenvalue weighted by Gasteiger charge is -2.48. The second kappa shape index (κ2) is 16.3. The van der Waals surface area contributed by atoms with Crippen molar-refractivity contribution in [3.05, 3.63) is 0 Å². The summed E-state index contributed by atoms with van der Waals surface area (Å²) in [7, 11) is 0. The van der Waals surface area contributed by atoms with Crippen molar-refractivity contribution in [2.24, 2.45) is 0 Å². The molecule has 2 rings (SSSR count). The summed E-state index contributed by atoms with van der Waals surface area (Å²) in [6.07, 6.45) is -16.3. The van der Waals surface area contributed by atoms with Crippen LogP contribution >= 0.6 is 0 Å². The van der Waals surface area contributed by atoms with Crippen LogP contribution in [0.25, 0.3) is 0 Å². The molecule has 0 spiro atoms. The van der Waals surface area contributed by atoms with Crippen LogP contribution in [-0.4, -0.2) is 122 Å². The molecular formula is C26H36O18. The fourth-order valence-corrected chi connectivity index (χ4v) is 4.49. The molecule has 0 unspecified atom stereocenters. The van der Waals surface area contributed by atoms with Crippen molar-refractivity contribution in [2.75, 3.05) is 13.2 Å². The molecule has 18 heteroatoms. The number of hydrogen-bond donors (Lipinski definition) is 1. The van der Waals surface area contributed by atoms with E-state index in [-0.39, 0.29) is 0 Å². The zero-order chi connectivity index (χ0) is 33.3. The SMILES string of the molecule is CC(=O)OC[C@H]1O[C@@H](O[C@H]2[C@H](OC(C)=O)[C@H](OC(C)=O)[C@@H](O)O[C@@H]2COC(C)=O)[C@H](OC(C)=O)[C@@H](OC(C)=O)[C@H]1OC(C)=O. The Bertz CT molecular complexity index is 1090. The van der Waals surface area contributed by atoms with Crippen molar-refractivity contribution in [3.63, 3.8) is 0 Å². The van der Waals surface area contributed by atoms with Crippen LogP contribution in [0.3, 0.4) is 0 Å². The Hall–Kier alpha value is -3.87. The van der Waals surface area contributed by atoms with E-state index < -0.39 is 116 Å². The third kappa shape index (κ3) is 10.7. The summed E-state index contributed by atoms with van der Waals surface area (Å²) in [5.41, 5.74) is 0. The predicted molar refractivity (Wildman–Crippen MR) is 135 cm³/mol. The Balaban J connectivity index is 2.66. The van der Waals surface area contributed by atoms with Gasteiger partial charge in [-0.25, -0.2) is 0 Å². The van der Waals surface area contributed by atoms with E-state index in [4.69, 9.17) is 47.4 Å². The van der Waals surface area contributed by atoms with Crippen LogP contribution in [0.1, 0.15) is 48.5 Å². The number of esters is 7. The lowest BCUT2D eigenvalue weighted by atomic mass is 9.96. The minimum Gasteiger partial charge on any atom is -0.463 e. The first-order valence-electron chi connectivity index (χ1n) is 13.3. The zero-order valence-corrected chi connectivity index (χ0v) is 25.1. The fourth-order valence-electron chi connectivity index (χ4n) is 4.49. The Morgan fingerprint density at radius 2 is 0.841 bits per heavy atom. The van der Waals surface area contributed by atoms with Crippen molar-refractivity contribution >= 4 is 41.8 Å². The zero-order valence-electron chi connectivity index (χ0n) is 25.1. The fraction of sp³-hybridized carbons (Fsp3) is 0.731. The van der Waals surface area contributed by atoms with Crippen LogP contribution in [0.5, 0.6) is 0 Å². The molecule has 1 N–H and O–H groups in total. The molecule has 2 aliphatic rings. The molecule has 0 aromatic carbocycles. The van der Waals surface area contributed by atoms with Crippen LogP contribution in [0.2, 0.25) is 0 Å². The second-order valence-corrected chi connectivity index (χ2v) is 9.68. The van der Waals surface area contributed by atoms with E-state index in [2.05, 4.69) is 0 Å². The van der Waals surface area contributed by atoms with E-state index in [1.165, 1.54) is 0 Å². The highest BCUT2D eigenvalue weighted by Gasteiger charge is 2.57. The molecule has 10 atom stereocenters. The van der Waals surface area contributed by atoms with E-state index in [1.54, 1.807) is 0 Å². The summed E-state index contributed by atoms with van der Waals surface area (Å²) < 4.78 is 54.1. The van der Waals surface area contributed by atoms with E-state index in [9.17, 15) is 38.7 Å². The number of carbonyl (C=O) groups excluding carboxylic acids is 7. The summed E-state index contributed by atoms with van der Waals surface area (Å²) >= 11 is 0. The standard InChI is InChI=1S/C26H36O18/c1-10(27)35-8-17-20(21(38-13(4)30)23(25(34)42-17)40-15(6)32)44-26-24(41-16(7)33)22(39-14(5)31)19(37-12(3)29)18(43-26)9-36-11(2)28/h17-26,34H,8-9H2,1-7H3/t17-,18-,19+,20-,21+,22+,23+,24-,25+,26+/m1/s1. The van der Waals surface area contributed by atoms with Gasteiger partial charge in [0.15, 0.2) is 43.1 Å². The van der Waals surface area contributed by atoms with Gasteiger partial charge in [0.2, 0.25) is 0 Å². The van der Waals surface area contributed by atoms with E-state index in [0.29, 0.717) is 0 Å². The van der Waals surface area contributed by atoms with Gasteiger partial charge >= 0.3 is 41.8 Å². The third-order valence-corrected chi connectivity index (χ3v) is 5.90. The number of hydrogen-bond acceptors (Lipinski definition) is 18. The average Bonchev–Trinajstić information content (AvgIpc) is 2.87. The van der Waals surface area contributed by atoms with Gasteiger partial charge in [-0.1, -0.05) is 0 Å². The largest absolute Gasteiger partial charge is 0.463 e. The molecule has 2 aliphatic heterocycles. The molecule has 0 aromatic rings. The van der Waals surface area contributed by atoms with Gasteiger partial charge in [0.1, 0.15) is 31.5 Å². The molecular weight excluding hydrogens is 600 g/mol. The summed E-state index contributed by atoms with van der Waals surface area (Å²) in [6.45, 7) is 6.11. The lowest BCUT2D eigenvalue weighted by Crippen LogP contribution is -2.67. The average molecular weight is 637 g/mol. The van der Waals surface area contributed by atoms with Crippen molar-refractivity contribution < 1.29 is 86.0 Å². The molecule has 0 bridgehead atoms. The van der Waals surface area contributed by atoms with Crippen LogP contribution in [0.15, 0.2) is 0 Å². The van der Waals surface area contributed by atoms with Crippen LogP contribution in [-0.2, 0) is 80.9 Å². The number of ether oxygens (including phenoxy) is 10. The van der Waals surface area contributed by atoms with Gasteiger partial charge in [-0.05, 0) is 0 Å². The van der Waals surface area contributed by atoms with Gasteiger partial charge in [0.05, 0.1) is 0 Å². The summed E-state index contributed by atoms with van der Waals surface area (Å²) in [4.78, 5) is 83.5. The first-order valence-corrected chi connectivity index (χ1v) is 13.3. The Morgan fingerprint density at radius 1 is 0.477 bits per heavy atom. The normalized spacial score (nSPS) is 31.5. The number of aliphatic hydroxyl groups excluding tert-OH is 1. The molecule has 2 fully saturated rings. The van der Waals surface area contributed by atoms with Crippen LogP contribution in [0.4, 0.5) is 0 Å². The maximum Gasteiger partial charge on any atom is 0.303 e. The van der Waals surface area contributed by atoms with E-state index >= 15 is 0 Å². The summed E-state index contributed by atoms with van der Waals surface area (Å²) in [5, 5.41) is 10.6. The van der Waals surface area contributed by atoms with E-state index in [1.807, 2.05) is 0 Å². The molecule has 0 saturated carbocycles. The van der Waals surface area contributed by atoms with Gasteiger partial charge in [-0.15, -0.1) is 0 Å². The molecule has 0 radical (unpaired) electrons. The van der Waals surface area contributed by atoms with Crippen molar-refractivity contribution in [1.29, 1.82) is 0 Å². The maximum absolute atomic E-state index is 12.2. The number of rotatable bonds is 11. The molecule has 18 nitrogen and oxygen atoms in total. The lowest BCUT2D eigenvalue weighted by molar-refractivity contribution is -0.357. The minimum absolute atomic E-state index is 0.572. The van der Waals surface area contributed by atoms with Crippen molar-refractivity contribution in [1.82, 2.24) is 0 Å². The third-order valence-electron chi connectivity index (χ3n) is 5.90. The minimum atomic E-state index is -1.90. The molecule has 2 heterocycles. The first-order chi connectivity index (χ1) is 20.5. The van der Waals surface area contributed by atoms with Gasteiger partial charge in [-0.2, -0.15) is 0 Å². The number of aliphatic hydroxyl groups is 1. The highest BCUT2D eigenvalue weighted by Crippen LogP contribution is 2.34. The summed E-state index contributed by atoms with van der Waals surface area (Å²) in [5.74, 6) is -6.03. The first kappa shape index (κ1) is 36.3. The summed E-state index contributed by atoms with van der Waals surface area (Å²) in [6, 6.07) is 0. The molecule has 0 amide bonds. The Kier molecular flexibility index (Phi) is 13.4. The molecule has 248 valence electrons. The second-order valence-electron chi connectivity index (χ2n) is 9.68. The topological polar surface area (TPSA) is 232 Å². The molecule has 0 aliphatic carbocycles. The predicted octanol–water partition coefficient (Wildman–Crippen LogP) is -1.40. The molecule has 2 saturated heterocycles. The quantitative estimate of drug-likeness (QED) is 0.203. The van der Waals surface area contributed by atoms with Crippen molar-refractivity contribution in [3.8, 4) is 0 Å². The monoisotopic (exact) mass is 636 g/mol. The smallest absolute Gasteiger partial charge is 0.303 e. The highest BCUT2D eigenvalue weighted by molar-refractivity contribution is 5.69. The molecule has 44 heavy (non-hydrogen) atoms. The van der Waals surface area contributed by atoms with Gasteiger partial charge in [-0.3, -0.25) is 33.6 Å². The molecule has 0 aromatic heterocycles. The number of carbonyl (C=O) groups is 7. The Morgan fingerprint density at radius 3 is 1.27 bits per heavy atom. The highest BCUT2D eigenvalue weighted by atomic mass is 16.8. The van der Waals surface area contributed by atoms with Gasteiger partial charge in [0, 0.05) is 48.5 Å². The van der Waals surface area contributed by atoms with E-state index in [0.717, 1.165) is 48.5 Å². The maximum atomic E-state index is 12.2. The van der Waals surface area contributed by atoms with Crippen LogP contribution < -0.4 is 0 Å². The van der Waals surface area contributed by atoms with Crippen molar-refractivity contribution in [2.45, 2.75) is 110 Å². The van der Waals surface area contributed by atoms with Gasteiger partial charge in [0.25, 0.3) is 0 Å². The Labute approximate surface area is 251 Å². The van der Waals surface area contributed by atoms with Crippen LogP contribution in [0, 0.1) is 0 Å².